The SMILES string of the molecule is C1=CC2c3ccc4c(c3N(c3nc(-c5ccccc5)nc(-c5ccccc5)n3)C2C=C1)CCC(c1nc(-c2ccccc2)cc(-c2ccccc2)n1)c1ccccc1-4. The van der Waals surface area contributed by atoms with E-state index in [-0.39, 0.29) is 17.9 Å². The van der Waals surface area contributed by atoms with Gasteiger partial charge in [0.1, 0.15) is 5.82 Å². The number of benzene rings is 6. The van der Waals surface area contributed by atoms with Gasteiger partial charge in [-0.3, -0.25) is 0 Å². The molecular formula is C52H38N6. The number of hydrogen-bond acceptors (Lipinski definition) is 6. The molecule has 1 aliphatic heterocycles. The van der Waals surface area contributed by atoms with Gasteiger partial charge in [0.15, 0.2) is 11.6 Å². The van der Waals surface area contributed by atoms with Gasteiger partial charge in [-0.15, -0.1) is 0 Å². The maximum atomic E-state index is 5.36. The van der Waals surface area contributed by atoms with E-state index in [0.29, 0.717) is 17.6 Å². The summed E-state index contributed by atoms with van der Waals surface area (Å²) in [5.41, 5.74) is 13.4. The topological polar surface area (TPSA) is 67.7 Å². The van der Waals surface area contributed by atoms with Crippen molar-refractivity contribution in [2.45, 2.75) is 30.7 Å². The van der Waals surface area contributed by atoms with Crippen LogP contribution in [0.4, 0.5) is 11.6 Å². The lowest BCUT2D eigenvalue weighted by molar-refractivity contribution is 0.680. The van der Waals surface area contributed by atoms with Gasteiger partial charge in [-0.25, -0.2) is 15.0 Å². The molecule has 2 aliphatic carbocycles. The number of nitrogens with zero attached hydrogens (tertiary/aromatic N) is 6. The molecule has 3 unspecified atom stereocenters. The number of allylic oxidation sites excluding steroid dienone is 2. The Kier molecular flexibility index (Phi) is 8.39. The Balaban J connectivity index is 1.09. The zero-order valence-electron chi connectivity index (χ0n) is 31.7. The molecule has 0 spiro atoms. The van der Waals surface area contributed by atoms with Crippen molar-refractivity contribution in [3.05, 3.63) is 211 Å². The molecule has 276 valence electrons. The maximum absolute atomic E-state index is 5.36. The summed E-state index contributed by atoms with van der Waals surface area (Å²) >= 11 is 0. The fraction of sp³-hybridized carbons (Fsp3) is 0.0962. The first-order chi connectivity index (χ1) is 28.8. The van der Waals surface area contributed by atoms with Gasteiger partial charge in [0, 0.05) is 34.1 Å². The van der Waals surface area contributed by atoms with Crippen LogP contribution in [0.1, 0.15) is 40.8 Å². The molecule has 8 aromatic rings. The highest BCUT2D eigenvalue weighted by Gasteiger charge is 2.42. The van der Waals surface area contributed by atoms with Crippen LogP contribution in [0.3, 0.4) is 0 Å². The first kappa shape index (κ1) is 34.0. The summed E-state index contributed by atoms with van der Waals surface area (Å²) in [5, 5.41) is 0. The second-order valence-electron chi connectivity index (χ2n) is 15.1. The van der Waals surface area contributed by atoms with E-state index in [1.54, 1.807) is 0 Å². The molecule has 3 heterocycles. The molecule has 11 rings (SSSR count). The molecule has 2 aromatic heterocycles. The van der Waals surface area contributed by atoms with Crippen LogP contribution in [-0.2, 0) is 6.42 Å². The van der Waals surface area contributed by atoms with Crippen molar-refractivity contribution in [2.24, 2.45) is 0 Å². The summed E-state index contributed by atoms with van der Waals surface area (Å²) < 4.78 is 0. The quantitative estimate of drug-likeness (QED) is 0.169. The normalized spacial score (nSPS) is 17.5. The van der Waals surface area contributed by atoms with Crippen molar-refractivity contribution >= 4 is 11.6 Å². The Bertz CT molecular complexity index is 2740. The standard InChI is InChI=1S/C52H38N6/c1-5-17-34(18-6-1)45-33-46(35-19-7-2-8-20-35)54-51(53-45)44-32-31-42-40(38-25-13-14-26-39(38)44)29-30-43-41-27-15-16-28-47(41)58(48(42)43)52-56-49(36-21-9-3-10-22-36)55-50(57-52)37-23-11-4-12-24-37/h1-30,33,41,44,47H,31-32H2. The molecule has 6 heteroatoms. The van der Waals surface area contributed by atoms with Crippen LogP contribution < -0.4 is 4.90 Å². The summed E-state index contributed by atoms with van der Waals surface area (Å²) in [6.07, 6.45) is 10.6. The van der Waals surface area contributed by atoms with Gasteiger partial charge >= 0.3 is 0 Å². The highest BCUT2D eigenvalue weighted by molar-refractivity contribution is 5.86. The predicted molar refractivity (Wildman–Crippen MR) is 233 cm³/mol. The van der Waals surface area contributed by atoms with E-state index in [4.69, 9.17) is 24.9 Å². The number of hydrogen-bond donors (Lipinski definition) is 0. The first-order valence-electron chi connectivity index (χ1n) is 20.0. The molecular weight excluding hydrogens is 709 g/mol. The molecule has 0 radical (unpaired) electrons. The van der Waals surface area contributed by atoms with Crippen molar-refractivity contribution in [2.75, 3.05) is 4.90 Å². The first-order valence-corrected chi connectivity index (χ1v) is 20.0. The van der Waals surface area contributed by atoms with Crippen molar-refractivity contribution in [3.8, 4) is 56.4 Å². The molecule has 0 amide bonds. The number of rotatable bonds is 6. The van der Waals surface area contributed by atoms with Crippen LogP contribution in [0.2, 0.25) is 0 Å². The Morgan fingerprint density at radius 1 is 0.466 bits per heavy atom. The van der Waals surface area contributed by atoms with Crippen molar-refractivity contribution in [1.29, 1.82) is 0 Å². The van der Waals surface area contributed by atoms with Crippen LogP contribution in [0.15, 0.2) is 188 Å². The zero-order valence-corrected chi connectivity index (χ0v) is 31.7. The van der Waals surface area contributed by atoms with E-state index in [1.165, 1.54) is 33.5 Å². The molecule has 0 saturated carbocycles. The minimum atomic E-state index is -0.0335. The van der Waals surface area contributed by atoms with Crippen molar-refractivity contribution in [3.63, 3.8) is 0 Å². The van der Waals surface area contributed by atoms with Gasteiger partial charge in [0.05, 0.1) is 23.1 Å². The van der Waals surface area contributed by atoms with Gasteiger partial charge in [-0.1, -0.05) is 182 Å². The predicted octanol–water partition coefficient (Wildman–Crippen LogP) is 11.8. The number of aromatic nitrogens is 5. The minimum absolute atomic E-state index is 0.00904. The summed E-state index contributed by atoms with van der Waals surface area (Å²) in [5.74, 6) is 2.91. The van der Waals surface area contributed by atoms with E-state index >= 15 is 0 Å². The Morgan fingerprint density at radius 2 is 1.02 bits per heavy atom. The van der Waals surface area contributed by atoms with E-state index < -0.39 is 0 Å². The summed E-state index contributed by atoms with van der Waals surface area (Å²) in [6.45, 7) is 0. The van der Waals surface area contributed by atoms with Crippen LogP contribution in [0, 0.1) is 0 Å². The summed E-state index contributed by atoms with van der Waals surface area (Å²) in [7, 11) is 0. The van der Waals surface area contributed by atoms with Crippen molar-refractivity contribution in [1.82, 2.24) is 24.9 Å². The zero-order chi connectivity index (χ0) is 38.4. The third-order valence-corrected chi connectivity index (χ3v) is 11.7. The Labute approximate surface area is 338 Å². The van der Waals surface area contributed by atoms with Gasteiger partial charge in [-0.2, -0.15) is 9.97 Å². The molecule has 0 N–H and O–H groups in total. The van der Waals surface area contributed by atoms with Gasteiger partial charge < -0.3 is 4.90 Å². The molecule has 6 aromatic carbocycles. The molecule has 3 aliphatic rings. The third kappa shape index (κ3) is 5.93. The fourth-order valence-corrected chi connectivity index (χ4v) is 9.02. The molecule has 6 nitrogen and oxygen atoms in total. The van der Waals surface area contributed by atoms with Gasteiger partial charge in [-0.05, 0) is 46.7 Å². The summed E-state index contributed by atoms with van der Waals surface area (Å²) in [4.78, 5) is 28.7. The second kappa shape index (κ2) is 14.3. The smallest absolute Gasteiger partial charge is 0.234 e. The van der Waals surface area contributed by atoms with Crippen molar-refractivity contribution < 1.29 is 0 Å². The number of fused-ring (bicyclic) bond motifs is 7. The lowest BCUT2D eigenvalue weighted by atomic mass is 9.88. The highest BCUT2D eigenvalue weighted by atomic mass is 15.3. The summed E-state index contributed by atoms with van der Waals surface area (Å²) in [6, 6.07) is 57.0. The average molecular weight is 747 g/mol. The van der Waals surface area contributed by atoms with Crippen LogP contribution in [0.5, 0.6) is 0 Å². The molecule has 0 bridgehead atoms. The second-order valence-corrected chi connectivity index (χ2v) is 15.1. The minimum Gasteiger partial charge on any atom is -0.302 e. The Morgan fingerprint density at radius 3 is 1.64 bits per heavy atom. The molecule has 58 heavy (non-hydrogen) atoms. The maximum Gasteiger partial charge on any atom is 0.234 e. The monoisotopic (exact) mass is 746 g/mol. The van der Waals surface area contributed by atoms with E-state index in [0.717, 1.165) is 52.3 Å². The number of anilines is 2. The largest absolute Gasteiger partial charge is 0.302 e. The van der Waals surface area contributed by atoms with E-state index in [9.17, 15) is 0 Å². The highest BCUT2D eigenvalue weighted by Crippen LogP contribution is 2.53. The lowest BCUT2D eigenvalue weighted by Gasteiger charge is -2.28. The molecule has 3 atom stereocenters. The van der Waals surface area contributed by atoms with Gasteiger partial charge in [0.2, 0.25) is 5.95 Å². The fourth-order valence-electron chi connectivity index (χ4n) is 9.02. The third-order valence-electron chi connectivity index (χ3n) is 11.7. The van der Waals surface area contributed by atoms with E-state index in [2.05, 4.69) is 144 Å². The molecule has 0 saturated heterocycles. The van der Waals surface area contributed by atoms with Crippen LogP contribution in [-0.4, -0.2) is 31.0 Å². The van der Waals surface area contributed by atoms with E-state index in [1.807, 2.05) is 48.5 Å². The van der Waals surface area contributed by atoms with Gasteiger partial charge in [0.25, 0.3) is 0 Å². The van der Waals surface area contributed by atoms with Crippen LogP contribution >= 0.6 is 0 Å². The molecule has 0 fully saturated rings. The lowest BCUT2D eigenvalue weighted by Crippen LogP contribution is -2.31. The Hall–Kier alpha value is -7.31. The van der Waals surface area contributed by atoms with Crippen LogP contribution in [0.25, 0.3) is 56.4 Å². The average Bonchev–Trinajstić information content (AvgIpc) is 3.55.